The molecule has 14 heavy (non-hydrogen) atoms. The summed E-state index contributed by atoms with van der Waals surface area (Å²) in [6.45, 7) is 2.51. The van der Waals surface area contributed by atoms with Gasteiger partial charge in [0.25, 0.3) is 5.91 Å². The summed E-state index contributed by atoms with van der Waals surface area (Å²) in [6, 6.07) is 7.17. The van der Waals surface area contributed by atoms with Crippen LogP contribution >= 0.6 is 12.6 Å². The Kier molecular flexibility index (Phi) is 3.98. The Morgan fingerprint density at radius 2 is 2.07 bits per heavy atom. The molecule has 0 fully saturated rings. The number of nitrogens with one attached hydrogen (secondary N) is 1. The van der Waals surface area contributed by atoms with E-state index < -0.39 is 0 Å². The Morgan fingerprint density at radius 3 is 2.57 bits per heavy atom. The molecule has 76 valence electrons. The van der Waals surface area contributed by atoms with Crippen molar-refractivity contribution in [2.24, 2.45) is 0 Å². The SMILES string of the molecule is CC(S)CNC(=O)c1ccc([NH3+])cc1. The van der Waals surface area contributed by atoms with Crippen LogP contribution in [-0.4, -0.2) is 17.7 Å². The Morgan fingerprint density at radius 1 is 1.50 bits per heavy atom. The summed E-state index contributed by atoms with van der Waals surface area (Å²) in [5.41, 5.74) is 5.32. The maximum Gasteiger partial charge on any atom is 0.251 e. The van der Waals surface area contributed by atoms with Gasteiger partial charge in [0.1, 0.15) is 5.69 Å². The zero-order valence-electron chi connectivity index (χ0n) is 8.16. The molecule has 1 aromatic rings. The lowest BCUT2D eigenvalue weighted by molar-refractivity contribution is -0.254. The molecule has 0 aliphatic rings. The van der Waals surface area contributed by atoms with Crippen LogP contribution in [0.3, 0.4) is 0 Å². The number of carbonyl (C=O) groups is 1. The number of amides is 1. The maximum absolute atomic E-state index is 11.5. The van der Waals surface area contributed by atoms with Gasteiger partial charge in [0.15, 0.2) is 0 Å². The number of carbonyl (C=O) groups excluding carboxylic acids is 1. The fraction of sp³-hybridized carbons (Fsp3) is 0.300. The Labute approximate surface area is 89.1 Å². The lowest BCUT2D eigenvalue weighted by Gasteiger charge is -2.06. The summed E-state index contributed by atoms with van der Waals surface area (Å²) in [5, 5.41) is 2.95. The molecular formula is C10H15N2OS+. The van der Waals surface area contributed by atoms with Gasteiger partial charge in [-0.1, -0.05) is 6.92 Å². The van der Waals surface area contributed by atoms with E-state index in [-0.39, 0.29) is 11.2 Å². The van der Waals surface area contributed by atoms with Crippen molar-refractivity contribution < 1.29 is 10.5 Å². The molecule has 1 atom stereocenters. The number of benzene rings is 1. The van der Waals surface area contributed by atoms with E-state index in [1.807, 2.05) is 19.1 Å². The zero-order valence-corrected chi connectivity index (χ0v) is 9.05. The predicted molar refractivity (Wildman–Crippen MR) is 59.8 cm³/mol. The average molecular weight is 211 g/mol. The third kappa shape index (κ3) is 3.40. The van der Waals surface area contributed by atoms with Crippen molar-refractivity contribution in [3.8, 4) is 0 Å². The van der Waals surface area contributed by atoms with E-state index in [0.717, 1.165) is 5.69 Å². The van der Waals surface area contributed by atoms with Crippen molar-refractivity contribution in [2.75, 3.05) is 6.54 Å². The highest BCUT2D eigenvalue weighted by atomic mass is 32.1. The van der Waals surface area contributed by atoms with E-state index in [2.05, 4.69) is 23.7 Å². The summed E-state index contributed by atoms with van der Waals surface area (Å²) < 4.78 is 0. The minimum Gasteiger partial charge on any atom is -0.351 e. The molecule has 1 amide bonds. The molecule has 0 aromatic heterocycles. The quantitative estimate of drug-likeness (QED) is 0.630. The summed E-state index contributed by atoms with van der Waals surface area (Å²) in [5.74, 6) is -0.0640. The topological polar surface area (TPSA) is 56.7 Å². The van der Waals surface area contributed by atoms with Gasteiger partial charge in [-0.15, -0.1) is 0 Å². The van der Waals surface area contributed by atoms with E-state index in [9.17, 15) is 4.79 Å². The van der Waals surface area contributed by atoms with E-state index in [0.29, 0.717) is 12.1 Å². The number of rotatable bonds is 3. The largest absolute Gasteiger partial charge is 0.351 e. The first-order valence-electron chi connectivity index (χ1n) is 4.48. The molecule has 0 saturated carbocycles. The highest BCUT2D eigenvalue weighted by molar-refractivity contribution is 7.80. The summed E-state index contributed by atoms with van der Waals surface area (Å²) in [7, 11) is 0. The normalized spacial score (nSPS) is 12.2. The van der Waals surface area contributed by atoms with Crippen molar-refractivity contribution in [2.45, 2.75) is 12.2 Å². The molecule has 0 bridgehead atoms. The van der Waals surface area contributed by atoms with E-state index >= 15 is 0 Å². The highest BCUT2D eigenvalue weighted by Gasteiger charge is 2.05. The van der Waals surface area contributed by atoms with Crippen molar-refractivity contribution in [1.29, 1.82) is 0 Å². The number of thiol groups is 1. The van der Waals surface area contributed by atoms with Gasteiger partial charge >= 0.3 is 0 Å². The second kappa shape index (κ2) is 5.02. The van der Waals surface area contributed by atoms with Gasteiger partial charge in [-0.25, -0.2) is 0 Å². The highest BCUT2D eigenvalue weighted by Crippen LogP contribution is 2.03. The van der Waals surface area contributed by atoms with Gasteiger partial charge < -0.3 is 11.1 Å². The van der Waals surface area contributed by atoms with Crippen LogP contribution in [-0.2, 0) is 0 Å². The first-order valence-corrected chi connectivity index (χ1v) is 4.99. The van der Waals surface area contributed by atoms with Crippen molar-refractivity contribution in [3.63, 3.8) is 0 Å². The first-order chi connectivity index (χ1) is 6.59. The molecule has 0 heterocycles. The molecule has 0 saturated heterocycles. The van der Waals surface area contributed by atoms with Gasteiger partial charge in [0.2, 0.25) is 0 Å². The number of hydrogen-bond acceptors (Lipinski definition) is 2. The van der Waals surface area contributed by atoms with Crippen LogP contribution in [0.1, 0.15) is 17.3 Å². The summed E-state index contributed by atoms with van der Waals surface area (Å²) >= 11 is 4.18. The Balaban J connectivity index is 2.57. The van der Waals surface area contributed by atoms with Gasteiger partial charge in [0.05, 0.1) is 0 Å². The maximum atomic E-state index is 11.5. The minimum atomic E-state index is -0.0640. The van der Waals surface area contributed by atoms with Crippen LogP contribution in [0.2, 0.25) is 0 Å². The van der Waals surface area contributed by atoms with E-state index in [1.165, 1.54) is 0 Å². The summed E-state index contributed by atoms with van der Waals surface area (Å²) in [4.78, 5) is 11.5. The van der Waals surface area contributed by atoms with Gasteiger partial charge in [0, 0.05) is 17.4 Å². The van der Waals surface area contributed by atoms with Gasteiger partial charge in [-0.05, 0) is 24.3 Å². The van der Waals surface area contributed by atoms with Crippen LogP contribution in [0.15, 0.2) is 24.3 Å². The molecular weight excluding hydrogens is 196 g/mol. The van der Waals surface area contributed by atoms with Gasteiger partial charge in [-0.2, -0.15) is 12.6 Å². The predicted octanol–water partition coefficient (Wildman–Crippen LogP) is 0.608. The fourth-order valence-corrected chi connectivity index (χ4v) is 1.09. The number of hydrogen-bond donors (Lipinski definition) is 3. The molecule has 1 unspecified atom stereocenters. The lowest BCUT2D eigenvalue weighted by atomic mass is 10.2. The van der Waals surface area contributed by atoms with Crippen LogP contribution in [0.25, 0.3) is 0 Å². The molecule has 4 N–H and O–H groups in total. The molecule has 1 aromatic carbocycles. The third-order valence-corrected chi connectivity index (χ3v) is 1.96. The fourth-order valence-electron chi connectivity index (χ4n) is 0.999. The van der Waals surface area contributed by atoms with Crippen LogP contribution < -0.4 is 11.1 Å². The molecule has 3 nitrogen and oxygen atoms in total. The second-order valence-electron chi connectivity index (χ2n) is 3.26. The lowest BCUT2D eigenvalue weighted by Crippen LogP contribution is -2.40. The molecule has 0 radical (unpaired) electrons. The van der Waals surface area contributed by atoms with E-state index in [4.69, 9.17) is 0 Å². The standard InChI is InChI=1S/C10H14N2OS/c1-7(14)6-12-10(13)8-2-4-9(11)5-3-8/h2-5,7,14H,6,11H2,1H3,(H,12,13)/p+1. The molecule has 0 aliphatic carbocycles. The Hall–Kier alpha value is -1.00. The molecule has 0 aliphatic heterocycles. The van der Waals surface area contributed by atoms with Crippen molar-refractivity contribution >= 4 is 24.2 Å². The van der Waals surface area contributed by atoms with Crippen LogP contribution in [0.4, 0.5) is 5.69 Å². The Bertz CT molecular complexity index is 308. The third-order valence-electron chi connectivity index (χ3n) is 1.77. The monoisotopic (exact) mass is 211 g/mol. The average Bonchev–Trinajstić information content (AvgIpc) is 2.15. The molecule has 1 rings (SSSR count). The second-order valence-corrected chi connectivity index (χ2v) is 4.14. The smallest absolute Gasteiger partial charge is 0.251 e. The van der Waals surface area contributed by atoms with Crippen LogP contribution in [0.5, 0.6) is 0 Å². The first kappa shape index (κ1) is 11.1. The van der Waals surface area contributed by atoms with Crippen molar-refractivity contribution in [3.05, 3.63) is 29.8 Å². The minimum absolute atomic E-state index is 0.0640. The molecule has 4 heteroatoms. The zero-order chi connectivity index (χ0) is 10.6. The molecule has 0 spiro atoms. The van der Waals surface area contributed by atoms with Crippen LogP contribution in [0, 0.1) is 0 Å². The van der Waals surface area contributed by atoms with Gasteiger partial charge in [-0.3, -0.25) is 4.79 Å². The summed E-state index contributed by atoms with van der Waals surface area (Å²) in [6.07, 6.45) is 0. The van der Waals surface area contributed by atoms with Crippen molar-refractivity contribution in [1.82, 2.24) is 5.32 Å². The van der Waals surface area contributed by atoms with E-state index in [1.54, 1.807) is 12.1 Å². The number of quaternary nitrogens is 1.